The van der Waals surface area contributed by atoms with Gasteiger partial charge in [0.05, 0.1) is 17.9 Å². The number of H-pyrrole nitrogens is 1. The minimum Gasteiger partial charge on any atom is -0.311 e. The minimum atomic E-state index is -3.97. The van der Waals surface area contributed by atoms with Crippen molar-refractivity contribution in [1.82, 2.24) is 19.8 Å². The maximum Gasteiger partial charge on any atom is 0.252 e. The van der Waals surface area contributed by atoms with Crippen LogP contribution in [0, 0.1) is 6.92 Å². The smallest absolute Gasteiger partial charge is 0.252 e. The van der Waals surface area contributed by atoms with Gasteiger partial charge in [0.25, 0.3) is 6.43 Å². The monoisotopic (exact) mass is 310 g/mol. The van der Waals surface area contributed by atoms with Crippen molar-refractivity contribution in [3.05, 3.63) is 11.4 Å². The van der Waals surface area contributed by atoms with Crippen LogP contribution in [0.15, 0.2) is 4.90 Å². The first-order valence-corrected chi connectivity index (χ1v) is 7.73. The molecule has 0 aromatic carbocycles. The number of aromatic amines is 1. The number of nitrogens with zero attached hydrogens (tertiary/aromatic N) is 2. The van der Waals surface area contributed by atoms with Gasteiger partial charge in [-0.2, -0.15) is 9.40 Å². The molecule has 0 fully saturated rings. The van der Waals surface area contributed by atoms with E-state index in [0.717, 1.165) is 20.0 Å². The molecule has 0 amide bonds. The molecule has 20 heavy (non-hydrogen) atoms. The summed E-state index contributed by atoms with van der Waals surface area (Å²) in [6.07, 6.45) is -1.82. The van der Waals surface area contributed by atoms with E-state index in [9.17, 15) is 17.2 Å². The standard InChI is InChI=1S/C11H20F2N4O2S/c1-4-5-14-6-9-11(8(2)15-16-9)20(18,19)17(3)7-10(12)13/h10,14H,4-7H2,1-3H3,(H,15,16). The van der Waals surface area contributed by atoms with E-state index < -0.39 is 23.0 Å². The summed E-state index contributed by atoms with van der Waals surface area (Å²) in [4.78, 5) is -0.0238. The van der Waals surface area contributed by atoms with E-state index in [4.69, 9.17) is 0 Å². The molecule has 1 rings (SSSR count). The molecule has 0 spiro atoms. The predicted octanol–water partition coefficient (Wildman–Crippen LogP) is 1.10. The molecule has 0 atom stereocenters. The zero-order valence-corrected chi connectivity index (χ0v) is 12.6. The molecule has 1 heterocycles. The average Bonchev–Trinajstić information content (AvgIpc) is 2.70. The molecule has 0 aliphatic heterocycles. The lowest BCUT2D eigenvalue weighted by atomic mass is 10.3. The highest BCUT2D eigenvalue weighted by atomic mass is 32.2. The van der Waals surface area contributed by atoms with Crippen LogP contribution in [0.25, 0.3) is 0 Å². The number of sulfonamides is 1. The Labute approximate surface area is 117 Å². The van der Waals surface area contributed by atoms with Gasteiger partial charge >= 0.3 is 0 Å². The van der Waals surface area contributed by atoms with Gasteiger partial charge < -0.3 is 5.32 Å². The number of rotatable bonds is 8. The van der Waals surface area contributed by atoms with Gasteiger partial charge in [-0.3, -0.25) is 5.10 Å². The fraction of sp³-hybridized carbons (Fsp3) is 0.727. The van der Waals surface area contributed by atoms with E-state index in [1.807, 2.05) is 6.92 Å². The third-order valence-electron chi connectivity index (χ3n) is 2.74. The van der Waals surface area contributed by atoms with E-state index >= 15 is 0 Å². The largest absolute Gasteiger partial charge is 0.311 e. The third kappa shape index (κ3) is 3.97. The number of aromatic nitrogens is 2. The summed E-state index contributed by atoms with van der Waals surface area (Å²) in [5, 5.41) is 9.57. The molecule has 6 nitrogen and oxygen atoms in total. The van der Waals surface area contributed by atoms with Crippen LogP contribution in [0.2, 0.25) is 0 Å². The zero-order valence-electron chi connectivity index (χ0n) is 11.8. The minimum absolute atomic E-state index is 0.0238. The van der Waals surface area contributed by atoms with Crippen molar-refractivity contribution < 1.29 is 17.2 Å². The van der Waals surface area contributed by atoms with E-state index in [1.165, 1.54) is 0 Å². The lowest BCUT2D eigenvalue weighted by Crippen LogP contribution is -2.32. The fourth-order valence-corrected chi connectivity index (χ4v) is 3.23. The highest BCUT2D eigenvalue weighted by Crippen LogP contribution is 2.21. The second-order valence-electron chi connectivity index (χ2n) is 4.48. The number of hydrogen-bond donors (Lipinski definition) is 2. The summed E-state index contributed by atoms with van der Waals surface area (Å²) >= 11 is 0. The number of aryl methyl sites for hydroxylation is 1. The van der Waals surface area contributed by atoms with Crippen molar-refractivity contribution in [2.75, 3.05) is 20.1 Å². The Bertz CT molecular complexity index is 531. The Hall–Kier alpha value is -1.06. The molecule has 2 N–H and O–H groups in total. The maximum atomic E-state index is 12.4. The molecular weight excluding hydrogens is 290 g/mol. The summed E-state index contributed by atoms with van der Waals surface area (Å²) in [5.74, 6) is 0. The quantitative estimate of drug-likeness (QED) is 0.705. The average molecular weight is 310 g/mol. The van der Waals surface area contributed by atoms with Gasteiger partial charge in [-0.05, 0) is 19.9 Å². The number of halogens is 2. The van der Waals surface area contributed by atoms with Gasteiger partial charge in [0, 0.05) is 13.6 Å². The molecule has 0 saturated carbocycles. The topological polar surface area (TPSA) is 78.1 Å². The Balaban J connectivity index is 3.01. The lowest BCUT2D eigenvalue weighted by Gasteiger charge is -2.17. The Kier molecular flexibility index (Phi) is 6.03. The second-order valence-corrected chi connectivity index (χ2v) is 6.46. The summed E-state index contributed by atoms with van der Waals surface area (Å²) in [6.45, 7) is 3.69. The third-order valence-corrected chi connectivity index (χ3v) is 4.77. The summed E-state index contributed by atoms with van der Waals surface area (Å²) in [6, 6.07) is 0. The molecule has 0 radical (unpaired) electrons. The van der Waals surface area contributed by atoms with Crippen LogP contribution in [0.3, 0.4) is 0 Å². The zero-order chi connectivity index (χ0) is 15.3. The lowest BCUT2D eigenvalue weighted by molar-refractivity contribution is 0.126. The van der Waals surface area contributed by atoms with E-state index in [1.54, 1.807) is 6.92 Å². The molecule has 116 valence electrons. The summed E-state index contributed by atoms with van der Waals surface area (Å²) in [7, 11) is -2.83. The molecule has 1 aromatic rings. The first-order chi connectivity index (χ1) is 9.30. The van der Waals surface area contributed by atoms with Crippen molar-refractivity contribution in [3.8, 4) is 0 Å². The van der Waals surface area contributed by atoms with Gasteiger partial charge in [0.15, 0.2) is 0 Å². The molecule has 0 aliphatic rings. The van der Waals surface area contributed by atoms with Crippen LogP contribution < -0.4 is 5.32 Å². The van der Waals surface area contributed by atoms with Crippen LogP contribution in [0.5, 0.6) is 0 Å². The molecule has 0 aliphatic carbocycles. The number of nitrogens with one attached hydrogen (secondary N) is 2. The summed E-state index contributed by atoms with van der Waals surface area (Å²) < 4.78 is 50.0. The molecular formula is C11H20F2N4O2S. The first kappa shape index (κ1) is 17.0. The molecule has 0 unspecified atom stereocenters. The molecule has 0 saturated heterocycles. The van der Waals surface area contributed by atoms with Crippen molar-refractivity contribution in [1.29, 1.82) is 0 Å². The van der Waals surface area contributed by atoms with Crippen LogP contribution in [0.1, 0.15) is 24.7 Å². The maximum absolute atomic E-state index is 12.4. The summed E-state index contributed by atoms with van der Waals surface area (Å²) in [5.41, 5.74) is 0.663. The van der Waals surface area contributed by atoms with Crippen LogP contribution in [-0.2, 0) is 16.6 Å². The molecule has 9 heteroatoms. The van der Waals surface area contributed by atoms with E-state index in [-0.39, 0.29) is 11.4 Å². The van der Waals surface area contributed by atoms with Crippen LogP contribution in [0.4, 0.5) is 8.78 Å². The molecule has 1 aromatic heterocycles. The van der Waals surface area contributed by atoms with Gasteiger partial charge in [-0.1, -0.05) is 6.92 Å². The normalized spacial score (nSPS) is 12.6. The van der Waals surface area contributed by atoms with Gasteiger partial charge in [0.2, 0.25) is 10.0 Å². The van der Waals surface area contributed by atoms with Crippen molar-refractivity contribution in [2.24, 2.45) is 0 Å². The Morgan fingerprint density at radius 3 is 2.65 bits per heavy atom. The Morgan fingerprint density at radius 2 is 2.10 bits per heavy atom. The van der Waals surface area contributed by atoms with Gasteiger partial charge in [-0.15, -0.1) is 0 Å². The molecule has 0 bridgehead atoms. The second kappa shape index (κ2) is 7.09. The van der Waals surface area contributed by atoms with Crippen LogP contribution in [-0.4, -0.2) is 49.5 Å². The predicted molar refractivity (Wildman–Crippen MR) is 71.1 cm³/mol. The van der Waals surface area contributed by atoms with Crippen molar-refractivity contribution >= 4 is 10.0 Å². The first-order valence-electron chi connectivity index (χ1n) is 6.29. The number of hydrogen-bond acceptors (Lipinski definition) is 4. The Morgan fingerprint density at radius 1 is 1.45 bits per heavy atom. The highest BCUT2D eigenvalue weighted by molar-refractivity contribution is 7.89. The van der Waals surface area contributed by atoms with E-state index in [2.05, 4.69) is 15.5 Å². The van der Waals surface area contributed by atoms with Crippen molar-refractivity contribution in [2.45, 2.75) is 38.1 Å². The van der Waals surface area contributed by atoms with Gasteiger partial charge in [0.1, 0.15) is 4.90 Å². The fourth-order valence-electron chi connectivity index (χ4n) is 1.76. The number of alkyl halides is 2. The highest BCUT2D eigenvalue weighted by Gasteiger charge is 2.29. The van der Waals surface area contributed by atoms with Gasteiger partial charge in [-0.25, -0.2) is 17.2 Å². The van der Waals surface area contributed by atoms with E-state index in [0.29, 0.717) is 15.7 Å². The SMILES string of the molecule is CCCNCc1n[nH]c(C)c1S(=O)(=O)N(C)CC(F)F. The van der Waals surface area contributed by atoms with Crippen LogP contribution >= 0.6 is 0 Å². The van der Waals surface area contributed by atoms with Crippen molar-refractivity contribution in [3.63, 3.8) is 0 Å².